The summed E-state index contributed by atoms with van der Waals surface area (Å²) in [4.78, 5) is 12.6. The standard InChI is InChI=1S/C23H24N2O2/c1-3-14-27-20-12-11-16-8-4-5-9-17(16)18(20)15-24-25-22(26)21-19-10-6-7-13-23(19,21)2/h1,4-5,8-9,11-12,15,19,21H,6-7,10,13-14H2,2H3,(H,25,26)/b24-15-/t19-,21-,23-/m1/s1. The summed E-state index contributed by atoms with van der Waals surface area (Å²) in [7, 11) is 0. The smallest absolute Gasteiger partial charge is 0.244 e. The second kappa shape index (κ2) is 7.08. The van der Waals surface area contributed by atoms with Crippen molar-refractivity contribution >= 4 is 22.9 Å². The summed E-state index contributed by atoms with van der Waals surface area (Å²) in [5, 5.41) is 6.35. The van der Waals surface area contributed by atoms with Crippen LogP contribution in [-0.4, -0.2) is 18.7 Å². The molecule has 3 atom stereocenters. The summed E-state index contributed by atoms with van der Waals surface area (Å²) in [6.45, 7) is 2.43. The number of nitrogens with zero attached hydrogens (tertiary/aromatic N) is 1. The molecule has 0 unspecified atom stereocenters. The SMILES string of the molecule is C#CCOc1ccc2ccccc2c1/C=N\NC(=O)[C@H]1[C@H]2CCCC[C@]21C. The van der Waals surface area contributed by atoms with Crippen LogP contribution in [0.2, 0.25) is 0 Å². The summed E-state index contributed by atoms with van der Waals surface area (Å²) in [5.41, 5.74) is 3.76. The molecule has 138 valence electrons. The Labute approximate surface area is 160 Å². The Kier molecular flexibility index (Phi) is 4.61. The lowest BCUT2D eigenvalue weighted by atomic mass is 9.90. The summed E-state index contributed by atoms with van der Waals surface area (Å²) < 4.78 is 5.66. The lowest BCUT2D eigenvalue weighted by molar-refractivity contribution is -0.123. The number of hydrogen-bond acceptors (Lipinski definition) is 3. The fourth-order valence-corrected chi connectivity index (χ4v) is 4.73. The van der Waals surface area contributed by atoms with Gasteiger partial charge in [-0.1, -0.05) is 56.0 Å². The molecule has 2 aromatic carbocycles. The van der Waals surface area contributed by atoms with Gasteiger partial charge in [-0.05, 0) is 41.0 Å². The van der Waals surface area contributed by atoms with Gasteiger partial charge in [-0.25, -0.2) is 5.43 Å². The van der Waals surface area contributed by atoms with Gasteiger partial charge in [0.05, 0.1) is 6.21 Å². The van der Waals surface area contributed by atoms with Crippen molar-refractivity contribution in [1.29, 1.82) is 0 Å². The van der Waals surface area contributed by atoms with E-state index in [-0.39, 0.29) is 23.8 Å². The van der Waals surface area contributed by atoms with Gasteiger partial charge in [0.25, 0.3) is 0 Å². The largest absolute Gasteiger partial charge is 0.480 e. The minimum Gasteiger partial charge on any atom is -0.480 e. The molecule has 2 aliphatic carbocycles. The fraction of sp³-hybridized carbons (Fsp3) is 0.391. The highest BCUT2D eigenvalue weighted by Crippen LogP contribution is 2.66. The van der Waals surface area contributed by atoms with Crippen LogP contribution in [0.15, 0.2) is 41.5 Å². The van der Waals surface area contributed by atoms with Crippen molar-refractivity contribution in [3.8, 4) is 18.1 Å². The Bertz CT molecular complexity index is 943. The molecule has 1 N–H and O–H groups in total. The second-order valence-electron chi connectivity index (χ2n) is 7.76. The van der Waals surface area contributed by atoms with Gasteiger partial charge < -0.3 is 4.74 Å². The molecule has 2 aliphatic rings. The van der Waals surface area contributed by atoms with Crippen molar-refractivity contribution in [2.75, 3.05) is 6.61 Å². The zero-order valence-electron chi connectivity index (χ0n) is 15.6. The number of carbonyl (C=O) groups excluding carboxylic acids is 1. The zero-order chi connectivity index (χ0) is 18.9. The van der Waals surface area contributed by atoms with Crippen molar-refractivity contribution < 1.29 is 9.53 Å². The molecule has 2 aromatic rings. The number of hydrogen-bond donors (Lipinski definition) is 1. The van der Waals surface area contributed by atoms with Gasteiger partial charge in [0.2, 0.25) is 5.91 Å². The molecule has 4 nitrogen and oxygen atoms in total. The number of carbonyl (C=O) groups is 1. The van der Waals surface area contributed by atoms with Crippen molar-refractivity contribution in [2.24, 2.45) is 22.4 Å². The highest BCUT2D eigenvalue weighted by molar-refractivity contribution is 6.02. The summed E-state index contributed by atoms with van der Waals surface area (Å²) >= 11 is 0. The molecule has 2 fully saturated rings. The molecule has 0 radical (unpaired) electrons. The van der Waals surface area contributed by atoms with Crippen LogP contribution < -0.4 is 10.2 Å². The van der Waals surface area contributed by atoms with E-state index in [0.29, 0.717) is 11.7 Å². The van der Waals surface area contributed by atoms with Gasteiger partial charge in [0, 0.05) is 11.5 Å². The predicted molar refractivity (Wildman–Crippen MR) is 108 cm³/mol. The van der Waals surface area contributed by atoms with E-state index in [1.807, 2.05) is 36.4 Å². The highest BCUT2D eigenvalue weighted by Gasteiger charge is 2.64. The maximum atomic E-state index is 12.6. The Hall–Kier alpha value is -2.80. The Morgan fingerprint density at radius 2 is 2.22 bits per heavy atom. The molecular weight excluding hydrogens is 336 g/mol. The Morgan fingerprint density at radius 1 is 1.37 bits per heavy atom. The van der Waals surface area contributed by atoms with Crippen LogP contribution in [0.3, 0.4) is 0 Å². The van der Waals surface area contributed by atoms with Crippen LogP contribution in [0.1, 0.15) is 38.2 Å². The quantitative estimate of drug-likeness (QED) is 0.495. The topological polar surface area (TPSA) is 50.7 Å². The zero-order valence-corrected chi connectivity index (χ0v) is 15.6. The molecule has 1 amide bonds. The fourth-order valence-electron chi connectivity index (χ4n) is 4.73. The van der Waals surface area contributed by atoms with Crippen LogP contribution in [0.4, 0.5) is 0 Å². The monoisotopic (exact) mass is 360 g/mol. The van der Waals surface area contributed by atoms with E-state index in [9.17, 15) is 4.79 Å². The van der Waals surface area contributed by atoms with Crippen molar-refractivity contribution in [3.05, 3.63) is 42.0 Å². The number of fused-ring (bicyclic) bond motifs is 2. The number of rotatable bonds is 5. The number of terminal acetylenes is 1. The first-order valence-electron chi connectivity index (χ1n) is 9.56. The molecule has 0 aliphatic heterocycles. The van der Waals surface area contributed by atoms with Gasteiger partial charge >= 0.3 is 0 Å². The molecule has 0 saturated heterocycles. The first-order valence-corrected chi connectivity index (χ1v) is 9.56. The van der Waals surface area contributed by atoms with Crippen LogP contribution >= 0.6 is 0 Å². The number of nitrogens with one attached hydrogen (secondary N) is 1. The number of benzene rings is 2. The van der Waals surface area contributed by atoms with Crippen LogP contribution in [-0.2, 0) is 4.79 Å². The molecule has 2 saturated carbocycles. The number of amides is 1. The Balaban J connectivity index is 1.54. The average Bonchev–Trinajstić information content (AvgIpc) is 3.32. The third-order valence-corrected chi connectivity index (χ3v) is 6.22. The van der Waals surface area contributed by atoms with Crippen LogP contribution in [0.5, 0.6) is 5.75 Å². The number of ether oxygens (including phenoxy) is 1. The van der Waals surface area contributed by atoms with E-state index >= 15 is 0 Å². The van der Waals surface area contributed by atoms with Gasteiger partial charge in [0.15, 0.2) is 0 Å². The van der Waals surface area contributed by atoms with Crippen molar-refractivity contribution in [2.45, 2.75) is 32.6 Å². The predicted octanol–water partition coefficient (Wildman–Crippen LogP) is 4.13. The molecule has 0 spiro atoms. The maximum absolute atomic E-state index is 12.6. The minimum atomic E-state index is 0.0342. The van der Waals surface area contributed by atoms with Crippen molar-refractivity contribution in [1.82, 2.24) is 5.43 Å². The summed E-state index contributed by atoms with van der Waals surface area (Å²) in [6, 6.07) is 11.9. The lowest BCUT2D eigenvalue weighted by Crippen LogP contribution is -2.22. The lowest BCUT2D eigenvalue weighted by Gasteiger charge is -2.15. The van der Waals surface area contributed by atoms with E-state index in [1.54, 1.807) is 6.21 Å². The Morgan fingerprint density at radius 3 is 3.00 bits per heavy atom. The first-order chi connectivity index (χ1) is 13.1. The highest BCUT2D eigenvalue weighted by atomic mass is 16.5. The van der Waals surface area contributed by atoms with Crippen LogP contribution in [0, 0.1) is 29.6 Å². The molecular formula is C23H24N2O2. The number of hydrazone groups is 1. The van der Waals surface area contributed by atoms with Crippen LogP contribution in [0.25, 0.3) is 10.8 Å². The summed E-state index contributed by atoms with van der Waals surface area (Å²) in [5.74, 6) is 3.80. The van der Waals surface area contributed by atoms with E-state index in [1.165, 1.54) is 12.8 Å². The normalized spacial score (nSPS) is 26.4. The minimum absolute atomic E-state index is 0.0342. The van der Waals surface area contributed by atoms with E-state index in [0.717, 1.165) is 29.2 Å². The summed E-state index contributed by atoms with van der Waals surface area (Å²) in [6.07, 6.45) is 11.8. The van der Waals surface area contributed by atoms with Gasteiger partial charge in [0.1, 0.15) is 12.4 Å². The van der Waals surface area contributed by atoms with Gasteiger partial charge in [-0.2, -0.15) is 5.10 Å². The second-order valence-corrected chi connectivity index (χ2v) is 7.76. The maximum Gasteiger partial charge on any atom is 0.244 e. The van der Waals surface area contributed by atoms with Gasteiger partial charge in [-0.15, -0.1) is 6.42 Å². The van der Waals surface area contributed by atoms with Crippen molar-refractivity contribution in [3.63, 3.8) is 0 Å². The van der Waals surface area contributed by atoms with E-state index in [4.69, 9.17) is 11.2 Å². The molecule has 0 bridgehead atoms. The third kappa shape index (κ3) is 3.19. The average molecular weight is 360 g/mol. The van der Waals surface area contributed by atoms with E-state index in [2.05, 4.69) is 23.4 Å². The van der Waals surface area contributed by atoms with E-state index < -0.39 is 0 Å². The molecule has 4 heteroatoms. The van der Waals surface area contributed by atoms with Gasteiger partial charge in [-0.3, -0.25) is 4.79 Å². The molecule has 4 rings (SSSR count). The molecule has 27 heavy (non-hydrogen) atoms. The third-order valence-electron chi connectivity index (χ3n) is 6.22. The molecule has 0 heterocycles. The molecule has 0 aromatic heterocycles. The first kappa shape index (κ1) is 17.6.